The smallest absolute Gasteiger partial charge is 0.234 e. The summed E-state index contributed by atoms with van der Waals surface area (Å²) in [6.45, 7) is 2.05. The number of halogens is 2. The number of aromatic amines is 1. The predicted molar refractivity (Wildman–Crippen MR) is 110 cm³/mol. The normalized spacial score (nSPS) is 10.9. The zero-order valence-corrected chi connectivity index (χ0v) is 16.2. The largest absolute Gasteiger partial charge is 0.357 e. The van der Waals surface area contributed by atoms with Crippen molar-refractivity contribution in [2.45, 2.75) is 19.1 Å². The van der Waals surface area contributed by atoms with Gasteiger partial charge in [0.25, 0.3) is 0 Å². The summed E-state index contributed by atoms with van der Waals surface area (Å²) in [6.07, 6.45) is 0.876. The van der Waals surface area contributed by atoms with Gasteiger partial charge >= 0.3 is 0 Å². The molecule has 2 aromatic carbocycles. The predicted octanol–water partition coefficient (Wildman–Crippen LogP) is 4.75. The molecule has 0 radical (unpaired) electrons. The number of benzene rings is 2. The van der Waals surface area contributed by atoms with Gasteiger partial charge in [-0.15, -0.1) is 11.8 Å². The van der Waals surface area contributed by atoms with Gasteiger partial charge in [-0.3, -0.25) is 9.59 Å². The number of hydrogen-bond donors (Lipinski definition) is 2. The lowest BCUT2D eigenvalue weighted by Gasteiger charge is -2.07. The number of pyridine rings is 1. The Morgan fingerprint density at radius 1 is 1.22 bits per heavy atom. The number of anilines is 1. The molecular formula is C20H18ClFN2O2S. The quantitative estimate of drug-likeness (QED) is 0.623. The zero-order chi connectivity index (χ0) is 19.4. The molecule has 4 nitrogen and oxygen atoms in total. The SMILES string of the molecule is CCc1ccc2[nH]c(CSCC(=O)Nc3ccc(F)c(Cl)c3)cc(=O)c2c1. The van der Waals surface area contributed by atoms with Crippen LogP contribution in [0, 0.1) is 5.82 Å². The fourth-order valence-corrected chi connectivity index (χ4v) is 3.59. The number of H-pyrrole nitrogens is 1. The third-order valence-corrected chi connectivity index (χ3v) is 5.32. The minimum absolute atomic E-state index is 0.0277. The highest BCUT2D eigenvalue weighted by Gasteiger charge is 2.07. The van der Waals surface area contributed by atoms with E-state index in [9.17, 15) is 14.0 Å². The fourth-order valence-electron chi connectivity index (χ4n) is 2.67. The molecule has 0 saturated carbocycles. The van der Waals surface area contributed by atoms with E-state index in [0.717, 1.165) is 23.2 Å². The molecule has 2 N–H and O–H groups in total. The maximum atomic E-state index is 13.1. The Morgan fingerprint density at radius 2 is 2.04 bits per heavy atom. The molecule has 0 unspecified atom stereocenters. The Kier molecular flexibility index (Phi) is 6.19. The van der Waals surface area contributed by atoms with Gasteiger partial charge in [-0.2, -0.15) is 0 Å². The Bertz CT molecular complexity index is 1050. The van der Waals surface area contributed by atoms with E-state index in [4.69, 9.17) is 11.6 Å². The van der Waals surface area contributed by atoms with Crippen LogP contribution in [-0.4, -0.2) is 16.6 Å². The average molecular weight is 405 g/mol. The van der Waals surface area contributed by atoms with Crippen LogP contribution in [0.15, 0.2) is 47.3 Å². The first-order valence-electron chi connectivity index (χ1n) is 8.43. The number of carbonyl (C=O) groups excluding carboxylic acids is 1. The molecule has 3 rings (SSSR count). The van der Waals surface area contributed by atoms with Crippen molar-refractivity contribution in [1.82, 2.24) is 4.98 Å². The van der Waals surface area contributed by atoms with Gasteiger partial charge in [-0.1, -0.05) is 24.6 Å². The first-order chi connectivity index (χ1) is 13.0. The van der Waals surface area contributed by atoms with E-state index < -0.39 is 5.82 Å². The summed E-state index contributed by atoms with van der Waals surface area (Å²) in [5.41, 5.74) is 3.09. The van der Waals surface area contributed by atoms with E-state index in [1.165, 1.54) is 30.0 Å². The van der Waals surface area contributed by atoms with E-state index in [1.807, 2.05) is 25.1 Å². The lowest BCUT2D eigenvalue weighted by molar-refractivity contribution is -0.113. The minimum atomic E-state index is -0.532. The third kappa shape index (κ3) is 4.90. The van der Waals surface area contributed by atoms with Crippen LogP contribution in [0.3, 0.4) is 0 Å². The molecule has 0 aliphatic carbocycles. The Labute approximate surface area is 165 Å². The van der Waals surface area contributed by atoms with E-state index in [1.54, 1.807) is 6.07 Å². The standard InChI is InChI=1S/C20H18ClFN2O2S/c1-2-12-3-6-18-15(7-12)19(25)9-14(23-18)10-27-11-20(26)24-13-4-5-17(22)16(21)8-13/h3-9H,2,10-11H2,1H3,(H,23,25)(H,24,26). The van der Waals surface area contributed by atoms with Crippen molar-refractivity contribution in [2.75, 3.05) is 11.1 Å². The molecule has 140 valence electrons. The molecule has 0 bridgehead atoms. The molecule has 0 saturated heterocycles. The van der Waals surface area contributed by atoms with Gasteiger partial charge in [0.05, 0.1) is 10.8 Å². The summed E-state index contributed by atoms with van der Waals surface area (Å²) in [5, 5.41) is 3.30. The summed E-state index contributed by atoms with van der Waals surface area (Å²) in [6, 6.07) is 11.4. The van der Waals surface area contributed by atoms with Crippen LogP contribution in [0.25, 0.3) is 10.9 Å². The summed E-state index contributed by atoms with van der Waals surface area (Å²) in [7, 11) is 0. The lowest BCUT2D eigenvalue weighted by atomic mass is 10.1. The van der Waals surface area contributed by atoms with E-state index in [2.05, 4.69) is 10.3 Å². The second kappa shape index (κ2) is 8.59. The van der Waals surface area contributed by atoms with Crippen molar-refractivity contribution in [3.63, 3.8) is 0 Å². The van der Waals surface area contributed by atoms with Crippen LogP contribution in [0.5, 0.6) is 0 Å². The van der Waals surface area contributed by atoms with Crippen LogP contribution in [0.1, 0.15) is 18.2 Å². The molecule has 0 aliphatic rings. The van der Waals surface area contributed by atoms with E-state index >= 15 is 0 Å². The molecule has 0 aliphatic heterocycles. The van der Waals surface area contributed by atoms with Crippen molar-refractivity contribution in [3.05, 3.63) is 74.8 Å². The molecule has 0 atom stereocenters. The van der Waals surface area contributed by atoms with Crippen molar-refractivity contribution >= 4 is 45.9 Å². The van der Waals surface area contributed by atoms with E-state index in [0.29, 0.717) is 16.8 Å². The molecule has 7 heteroatoms. The number of amides is 1. The van der Waals surface area contributed by atoms with Crippen LogP contribution in [0.2, 0.25) is 5.02 Å². The molecular weight excluding hydrogens is 387 g/mol. The first kappa shape index (κ1) is 19.5. The monoisotopic (exact) mass is 404 g/mol. The maximum Gasteiger partial charge on any atom is 0.234 e. The van der Waals surface area contributed by atoms with Crippen LogP contribution in [0.4, 0.5) is 10.1 Å². The number of thioether (sulfide) groups is 1. The van der Waals surface area contributed by atoms with Crippen molar-refractivity contribution in [1.29, 1.82) is 0 Å². The topological polar surface area (TPSA) is 62.0 Å². The molecule has 27 heavy (non-hydrogen) atoms. The number of nitrogens with one attached hydrogen (secondary N) is 2. The van der Waals surface area contributed by atoms with Gasteiger partial charge in [0.1, 0.15) is 5.82 Å². The summed E-state index contributed by atoms with van der Waals surface area (Å²) in [5.74, 6) is -0.0592. The molecule has 0 fully saturated rings. The number of fused-ring (bicyclic) bond motifs is 1. The van der Waals surface area contributed by atoms with Gasteiger partial charge in [-0.25, -0.2) is 4.39 Å². The number of aryl methyl sites for hydroxylation is 1. The molecule has 3 aromatic rings. The van der Waals surface area contributed by atoms with E-state index in [-0.39, 0.29) is 22.1 Å². The van der Waals surface area contributed by atoms with Crippen LogP contribution >= 0.6 is 23.4 Å². The minimum Gasteiger partial charge on any atom is -0.357 e. The summed E-state index contributed by atoms with van der Waals surface area (Å²) < 4.78 is 13.1. The van der Waals surface area contributed by atoms with Gasteiger partial charge in [0, 0.05) is 34.1 Å². The highest BCUT2D eigenvalue weighted by molar-refractivity contribution is 7.99. The second-order valence-electron chi connectivity index (χ2n) is 6.06. The second-order valence-corrected chi connectivity index (χ2v) is 7.45. The third-order valence-electron chi connectivity index (χ3n) is 4.05. The Hall–Kier alpha value is -2.31. The van der Waals surface area contributed by atoms with Crippen molar-refractivity contribution in [2.24, 2.45) is 0 Å². The zero-order valence-electron chi connectivity index (χ0n) is 14.6. The van der Waals surface area contributed by atoms with Gasteiger partial charge < -0.3 is 10.3 Å². The molecule has 0 spiro atoms. The average Bonchev–Trinajstić information content (AvgIpc) is 2.64. The van der Waals surface area contributed by atoms with Crippen molar-refractivity contribution in [3.8, 4) is 0 Å². The number of hydrogen-bond acceptors (Lipinski definition) is 3. The van der Waals surface area contributed by atoms with Crippen LogP contribution in [-0.2, 0) is 17.0 Å². The molecule has 1 aromatic heterocycles. The summed E-state index contributed by atoms with van der Waals surface area (Å²) >= 11 is 7.07. The Morgan fingerprint density at radius 3 is 2.78 bits per heavy atom. The van der Waals surface area contributed by atoms with Gasteiger partial charge in [0.15, 0.2) is 5.43 Å². The number of carbonyl (C=O) groups is 1. The molecule has 1 amide bonds. The first-order valence-corrected chi connectivity index (χ1v) is 9.97. The van der Waals surface area contributed by atoms with Crippen molar-refractivity contribution < 1.29 is 9.18 Å². The maximum absolute atomic E-state index is 13.1. The fraction of sp³-hybridized carbons (Fsp3) is 0.200. The number of rotatable bonds is 6. The summed E-state index contributed by atoms with van der Waals surface area (Å²) in [4.78, 5) is 27.6. The van der Waals surface area contributed by atoms with Crippen LogP contribution < -0.4 is 10.7 Å². The van der Waals surface area contributed by atoms with Gasteiger partial charge in [0.2, 0.25) is 5.91 Å². The highest BCUT2D eigenvalue weighted by Crippen LogP contribution is 2.20. The lowest BCUT2D eigenvalue weighted by Crippen LogP contribution is -2.14. The number of aromatic nitrogens is 1. The van der Waals surface area contributed by atoms with Gasteiger partial charge in [-0.05, 0) is 42.3 Å². The Balaban J connectivity index is 1.60. The highest BCUT2D eigenvalue weighted by atomic mass is 35.5. The molecule has 1 heterocycles.